The van der Waals surface area contributed by atoms with E-state index in [1.807, 2.05) is 0 Å². The molecule has 1 aromatic heterocycles. The van der Waals surface area contributed by atoms with E-state index in [0.717, 1.165) is 12.1 Å². The van der Waals surface area contributed by atoms with Crippen molar-refractivity contribution in [3.63, 3.8) is 0 Å². The first-order valence-corrected chi connectivity index (χ1v) is 6.65. The molecule has 0 fully saturated rings. The van der Waals surface area contributed by atoms with Gasteiger partial charge in [-0.25, -0.2) is 8.78 Å². The lowest BCUT2D eigenvalue weighted by molar-refractivity contribution is -0.113. The summed E-state index contributed by atoms with van der Waals surface area (Å²) in [6.07, 6.45) is 0. The summed E-state index contributed by atoms with van der Waals surface area (Å²) in [4.78, 5) is 11.5. The molecule has 0 aliphatic rings. The molecule has 94 valence electrons. The summed E-state index contributed by atoms with van der Waals surface area (Å²) in [6, 6.07) is 3.19. The number of nitrogens with one attached hydrogen (secondary N) is 1. The molecule has 8 heteroatoms. The number of thioether (sulfide) groups is 1. The predicted octanol–water partition coefficient (Wildman–Crippen LogP) is 2.55. The molecule has 1 aromatic carbocycles. The van der Waals surface area contributed by atoms with Gasteiger partial charge in [-0.1, -0.05) is 23.1 Å². The molecule has 1 heterocycles. The average molecular weight is 287 g/mol. The molecule has 2 rings (SSSR count). The van der Waals surface area contributed by atoms with Crippen molar-refractivity contribution in [2.45, 2.75) is 4.34 Å². The lowest BCUT2D eigenvalue weighted by Crippen LogP contribution is -2.14. The van der Waals surface area contributed by atoms with Gasteiger partial charge in [0.2, 0.25) is 5.91 Å². The van der Waals surface area contributed by atoms with E-state index >= 15 is 0 Å². The summed E-state index contributed by atoms with van der Waals surface area (Å²) in [7, 11) is 0. The maximum Gasteiger partial charge on any atom is 0.234 e. The Hall–Kier alpha value is -1.54. The Morgan fingerprint density at radius 2 is 2.22 bits per heavy atom. The Morgan fingerprint density at radius 1 is 1.39 bits per heavy atom. The van der Waals surface area contributed by atoms with Crippen LogP contribution in [0.25, 0.3) is 0 Å². The molecule has 2 aromatic rings. The molecule has 0 spiro atoms. The Morgan fingerprint density at radius 3 is 2.89 bits per heavy atom. The third-order valence-electron chi connectivity index (χ3n) is 1.87. The van der Waals surface area contributed by atoms with Gasteiger partial charge in [-0.15, -0.1) is 10.2 Å². The van der Waals surface area contributed by atoms with Crippen LogP contribution in [0.2, 0.25) is 0 Å². The molecule has 0 radical (unpaired) electrons. The zero-order valence-corrected chi connectivity index (χ0v) is 10.5. The smallest absolute Gasteiger partial charge is 0.234 e. The number of benzene rings is 1. The highest BCUT2D eigenvalue weighted by Crippen LogP contribution is 2.19. The monoisotopic (exact) mass is 287 g/mol. The highest BCUT2D eigenvalue weighted by Gasteiger charge is 2.07. The van der Waals surface area contributed by atoms with Crippen molar-refractivity contribution in [1.82, 2.24) is 10.2 Å². The van der Waals surface area contributed by atoms with Gasteiger partial charge < -0.3 is 5.32 Å². The van der Waals surface area contributed by atoms with E-state index in [9.17, 15) is 13.6 Å². The van der Waals surface area contributed by atoms with Crippen molar-refractivity contribution < 1.29 is 13.6 Å². The van der Waals surface area contributed by atoms with E-state index in [1.54, 1.807) is 5.51 Å². The van der Waals surface area contributed by atoms with Crippen LogP contribution >= 0.6 is 23.1 Å². The molecule has 1 N–H and O–H groups in total. The van der Waals surface area contributed by atoms with Gasteiger partial charge in [0, 0.05) is 11.8 Å². The zero-order chi connectivity index (χ0) is 13.0. The van der Waals surface area contributed by atoms with Crippen molar-refractivity contribution in [1.29, 1.82) is 0 Å². The highest BCUT2D eigenvalue weighted by molar-refractivity contribution is 8.01. The molecule has 0 atom stereocenters. The minimum atomic E-state index is -0.996. The van der Waals surface area contributed by atoms with E-state index in [-0.39, 0.29) is 17.3 Å². The fourth-order valence-corrected chi connectivity index (χ4v) is 2.41. The standard InChI is InChI=1S/C10H7F2N3OS2/c11-7-2-1-6(3-8(7)12)14-9(16)4-17-10-15-13-5-18-10/h1-3,5H,4H2,(H,14,16). The molecule has 0 aliphatic heterocycles. The van der Waals surface area contributed by atoms with E-state index < -0.39 is 11.6 Å². The normalized spacial score (nSPS) is 10.3. The van der Waals surface area contributed by atoms with Gasteiger partial charge in [-0.05, 0) is 12.1 Å². The van der Waals surface area contributed by atoms with Crippen LogP contribution in [0.15, 0.2) is 28.0 Å². The van der Waals surface area contributed by atoms with Crippen molar-refractivity contribution in [2.24, 2.45) is 0 Å². The van der Waals surface area contributed by atoms with Crippen LogP contribution in [0.5, 0.6) is 0 Å². The van der Waals surface area contributed by atoms with Crippen molar-refractivity contribution >= 4 is 34.7 Å². The van der Waals surface area contributed by atoms with Gasteiger partial charge in [0.05, 0.1) is 5.75 Å². The lowest BCUT2D eigenvalue weighted by Gasteiger charge is -2.04. The van der Waals surface area contributed by atoms with Gasteiger partial charge in [-0.2, -0.15) is 0 Å². The number of aromatic nitrogens is 2. The molecule has 1 amide bonds. The molecule has 0 aliphatic carbocycles. The second-order valence-corrected chi connectivity index (χ2v) is 5.23. The third-order valence-corrected chi connectivity index (χ3v) is 3.73. The molecule has 0 unspecified atom stereocenters. The maximum absolute atomic E-state index is 12.9. The van der Waals surface area contributed by atoms with E-state index in [2.05, 4.69) is 15.5 Å². The van der Waals surface area contributed by atoms with Crippen molar-refractivity contribution in [2.75, 3.05) is 11.1 Å². The van der Waals surface area contributed by atoms with Crippen LogP contribution in [-0.2, 0) is 4.79 Å². The third kappa shape index (κ3) is 3.47. The number of halogens is 2. The highest BCUT2D eigenvalue weighted by atomic mass is 32.2. The topological polar surface area (TPSA) is 54.9 Å². The van der Waals surface area contributed by atoms with Crippen LogP contribution in [0.3, 0.4) is 0 Å². The van der Waals surface area contributed by atoms with Gasteiger partial charge >= 0.3 is 0 Å². The van der Waals surface area contributed by atoms with Gasteiger partial charge in [0.25, 0.3) is 0 Å². The van der Waals surface area contributed by atoms with Crippen LogP contribution in [0.4, 0.5) is 14.5 Å². The van der Waals surface area contributed by atoms with Crippen LogP contribution in [0, 0.1) is 11.6 Å². The second-order valence-electron chi connectivity index (χ2n) is 3.17. The van der Waals surface area contributed by atoms with Gasteiger partial charge in [0.1, 0.15) is 5.51 Å². The minimum absolute atomic E-state index is 0.133. The van der Waals surface area contributed by atoms with Crippen molar-refractivity contribution in [3.05, 3.63) is 35.3 Å². The van der Waals surface area contributed by atoms with E-state index in [4.69, 9.17) is 0 Å². The summed E-state index contributed by atoms with van der Waals surface area (Å²) in [5.74, 6) is -2.13. The van der Waals surface area contributed by atoms with Crippen molar-refractivity contribution in [3.8, 4) is 0 Å². The SMILES string of the molecule is O=C(CSc1nncs1)Nc1ccc(F)c(F)c1. The molecule has 18 heavy (non-hydrogen) atoms. The van der Waals surface area contributed by atoms with Crippen LogP contribution in [0.1, 0.15) is 0 Å². The summed E-state index contributed by atoms with van der Waals surface area (Å²) >= 11 is 2.55. The Bertz CT molecular complexity index is 548. The van der Waals surface area contributed by atoms with Crippen LogP contribution < -0.4 is 5.32 Å². The Kier molecular flexibility index (Phi) is 4.21. The van der Waals surface area contributed by atoms with E-state index in [0.29, 0.717) is 4.34 Å². The average Bonchev–Trinajstić information content (AvgIpc) is 2.84. The lowest BCUT2D eigenvalue weighted by atomic mass is 10.3. The Labute approximate surface area is 109 Å². The minimum Gasteiger partial charge on any atom is -0.325 e. The summed E-state index contributed by atoms with van der Waals surface area (Å²) in [6.45, 7) is 0. The fraction of sp³-hybridized carbons (Fsp3) is 0.100. The largest absolute Gasteiger partial charge is 0.325 e. The van der Waals surface area contributed by atoms with Crippen LogP contribution in [-0.4, -0.2) is 21.9 Å². The molecular formula is C10H7F2N3OS2. The summed E-state index contributed by atoms with van der Waals surface area (Å²) in [5, 5.41) is 9.86. The number of hydrogen-bond acceptors (Lipinski definition) is 5. The number of carbonyl (C=O) groups is 1. The maximum atomic E-state index is 12.9. The predicted molar refractivity (Wildman–Crippen MR) is 65.6 cm³/mol. The quantitative estimate of drug-likeness (QED) is 0.878. The number of hydrogen-bond donors (Lipinski definition) is 1. The number of amides is 1. The van der Waals surface area contributed by atoms with Gasteiger partial charge in [-0.3, -0.25) is 4.79 Å². The fourth-order valence-electron chi connectivity index (χ4n) is 1.12. The summed E-state index contributed by atoms with van der Waals surface area (Å²) in [5.41, 5.74) is 1.78. The first-order chi connectivity index (χ1) is 8.65. The first kappa shape index (κ1) is 12.9. The number of anilines is 1. The van der Waals surface area contributed by atoms with Gasteiger partial charge in [0.15, 0.2) is 16.0 Å². The molecular weight excluding hydrogens is 280 g/mol. The molecule has 4 nitrogen and oxygen atoms in total. The zero-order valence-electron chi connectivity index (χ0n) is 8.89. The Balaban J connectivity index is 1.88. The summed E-state index contributed by atoms with van der Waals surface area (Å²) < 4.78 is 26.2. The first-order valence-electron chi connectivity index (χ1n) is 4.79. The number of nitrogens with zero attached hydrogens (tertiary/aromatic N) is 2. The van der Waals surface area contributed by atoms with E-state index in [1.165, 1.54) is 29.2 Å². The second kappa shape index (κ2) is 5.87. The molecule has 0 bridgehead atoms. The number of rotatable bonds is 4. The number of carbonyl (C=O) groups excluding carboxylic acids is 1. The molecule has 0 saturated carbocycles. The molecule has 0 saturated heterocycles.